The van der Waals surface area contributed by atoms with Crippen molar-refractivity contribution in [3.8, 4) is 0 Å². The molecular weight excluding hydrogens is 268 g/mol. The van der Waals surface area contributed by atoms with Gasteiger partial charge in [-0.05, 0) is 24.5 Å². The van der Waals surface area contributed by atoms with Crippen molar-refractivity contribution in [2.45, 2.75) is 32.7 Å². The number of carbonyl (C=O) groups is 2. The molecule has 0 saturated heterocycles. The zero-order valence-electron chi connectivity index (χ0n) is 12.1. The molecule has 1 atom stereocenters. The maximum Gasteiger partial charge on any atom is 0.303 e. The quantitative estimate of drug-likeness (QED) is 0.818. The smallest absolute Gasteiger partial charge is 0.303 e. The van der Waals surface area contributed by atoms with E-state index in [1.165, 1.54) is 0 Å². The minimum Gasteiger partial charge on any atom is -0.481 e. The van der Waals surface area contributed by atoms with E-state index in [1.54, 1.807) is 6.92 Å². The SMILES string of the molecule is CC(Cn1cc(CCCC(=O)O)c2ccccc21)C(N)=O. The minimum absolute atomic E-state index is 0.164. The van der Waals surface area contributed by atoms with Crippen molar-refractivity contribution < 1.29 is 14.7 Å². The van der Waals surface area contributed by atoms with Crippen LogP contribution >= 0.6 is 0 Å². The van der Waals surface area contributed by atoms with Crippen LogP contribution in [0.4, 0.5) is 0 Å². The number of carboxylic acids is 1. The monoisotopic (exact) mass is 288 g/mol. The van der Waals surface area contributed by atoms with Crippen molar-refractivity contribution >= 4 is 22.8 Å². The van der Waals surface area contributed by atoms with Crippen molar-refractivity contribution in [1.82, 2.24) is 4.57 Å². The third kappa shape index (κ3) is 3.62. The third-order valence-electron chi connectivity index (χ3n) is 3.66. The van der Waals surface area contributed by atoms with E-state index in [-0.39, 0.29) is 18.2 Å². The van der Waals surface area contributed by atoms with E-state index >= 15 is 0 Å². The van der Waals surface area contributed by atoms with Crippen molar-refractivity contribution in [2.75, 3.05) is 0 Å². The van der Waals surface area contributed by atoms with Gasteiger partial charge in [0.1, 0.15) is 0 Å². The summed E-state index contributed by atoms with van der Waals surface area (Å²) in [6, 6.07) is 7.94. The maximum atomic E-state index is 11.2. The molecule has 21 heavy (non-hydrogen) atoms. The minimum atomic E-state index is -0.777. The Hall–Kier alpha value is -2.30. The molecule has 0 saturated carbocycles. The number of hydrogen-bond donors (Lipinski definition) is 2. The van der Waals surface area contributed by atoms with Gasteiger partial charge >= 0.3 is 5.97 Å². The number of benzene rings is 1. The van der Waals surface area contributed by atoms with Gasteiger partial charge in [0.05, 0.1) is 5.92 Å². The van der Waals surface area contributed by atoms with Crippen LogP contribution in [-0.2, 0) is 22.6 Å². The fraction of sp³-hybridized carbons (Fsp3) is 0.375. The number of rotatable bonds is 7. The molecule has 1 aromatic heterocycles. The zero-order valence-corrected chi connectivity index (χ0v) is 12.1. The molecule has 3 N–H and O–H groups in total. The van der Waals surface area contributed by atoms with E-state index in [2.05, 4.69) is 0 Å². The van der Waals surface area contributed by atoms with Crippen LogP contribution in [-0.4, -0.2) is 21.6 Å². The predicted octanol–water partition coefficient (Wildman–Crippen LogP) is 2.17. The molecule has 0 aliphatic rings. The lowest BCUT2D eigenvalue weighted by atomic mass is 10.1. The second-order valence-corrected chi connectivity index (χ2v) is 5.37. The van der Waals surface area contributed by atoms with Crippen molar-refractivity contribution in [2.24, 2.45) is 11.7 Å². The van der Waals surface area contributed by atoms with Crippen LogP contribution in [0, 0.1) is 5.92 Å². The number of nitrogens with two attached hydrogens (primary N) is 1. The van der Waals surface area contributed by atoms with E-state index in [4.69, 9.17) is 10.8 Å². The van der Waals surface area contributed by atoms with Crippen LogP contribution in [0.3, 0.4) is 0 Å². The normalized spacial score (nSPS) is 12.4. The topological polar surface area (TPSA) is 85.3 Å². The van der Waals surface area contributed by atoms with Crippen molar-refractivity contribution in [3.63, 3.8) is 0 Å². The number of hydrogen-bond acceptors (Lipinski definition) is 2. The Balaban J connectivity index is 2.25. The van der Waals surface area contributed by atoms with Gasteiger partial charge in [-0.15, -0.1) is 0 Å². The van der Waals surface area contributed by atoms with Crippen LogP contribution in [0.15, 0.2) is 30.5 Å². The van der Waals surface area contributed by atoms with Gasteiger partial charge in [0.2, 0.25) is 5.91 Å². The van der Waals surface area contributed by atoms with Gasteiger partial charge in [-0.1, -0.05) is 25.1 Å². The molecule has 2 rings (SSSR count). The van der Waals surface area contributed by atoms with Gasteiger partial charge < -0.3 is 15.4 Å². The molecule has 0 radical (unpaired) electrons. The summed E-state index contributed by atoms with van der Waals surface area (Å²) in [4.78, 5) is 21.9. The summed E-state index contributed by atoms with van der Waals surface area (Å²) in [5.74, 6) is -1.34. The lowest BCUT2D eigenvalue weighted by Gasteiger charge is -2.09. The molecule has 0 fully saturated rings. The molecule has 0 aliphatic heterocycles. The summed E-state index contributed by atoms with van der Waals surface area (Å²) in [5, 5.41) is 9.84. The lowest BCUT2D eigenvalue weighted by Crippen LogP contribution is -2.24. The standard InChI is InChI=1S/C16H20N2O3/c1-11(16(17)21)9-18-10-12(5-4-8-15(19)20)13-6-2-3-7-14(13)18/h2-3,6-7,10-11H,4-5,8-9H2,1H3,(H2,17,21)(H,19,20). The average molecular weight is 288 g/mol. The molecule has 1 heterocycles. The molecule has 0 bridgehead atoms. The highest BCUT2D eigenvalue weighted by atomic mass is 16.4. The van der Waals surface area contributed by atoms with Crippen LogP contribution < -0.4 is 5.73 Å². The highest BCUT2D eigenvalue weighted by molar-refractivity contribution is 5.84. The number of carboxylic acid groups (broad SMARTS) is 1. The van der Waals surface area contributed by atoms with Crippen molar-refractivity contribution in [1.29, 1.82) is 0 Å². The fourth-order valence-electron chi connectivity index (χ4n) is 2.49. The number of aryl methyl sites for hydroxylation is 1. The highest BCUT2D eigenvalue weighted by Gasteiger charge is 2.13. The number of aromatic nitrogens is 1. The van der Waals surface area contributed by atoms with Crippen LogP contribution in [0.1, 0.15) is 25.3 Å². The molecule has 1 unspecified atom stereocenters. The third-order valence-corrected chi connectivity index (χ3v) is 3.66. The molecule has 1 amide bonds. The summed E-state index contributed by atoms with van der Waals surface area (Å²) < 4.78 is 2.03. The first-order valence-corrected chi connectivity index (χ1v) is 7.07. The number of carbonyl (C=O) groups excluding carboxylic acids is 1. The van der Waals surface area contributed by atoms with Crippen LogP contribution in [0.25, 0.3) is 10.9 Å². The average Bonchev–Trinajstić information content (AvgIpc) is 2.77. The van der Waals surface area contributed by atoms with Gasteiger partial charge in [0, 0.05) is 30.1 Å². The van der Waals surface area contributed by atoms with Gasteiger partial charge in [-0.25, -0.2) is 0 Å². The van der Waals surface area contributed by atoms with Crippen LogP contribution in [0.2, 0.25) is 0 Å². The lowest BCUT2D eigenvalue weighted by molar-refractivity contribution is -0.137. The molecular formula is C16H20N2O3. The Morgan fingerprint density at radius 2 is 2.05 bits per heavy atom. The van der Waals surface area contributed by atoms with E-state index in [1.807, 2.05) is 35.0 Å². The van der Waals surface area contributed by atoms with Crippen LogP contribution in [0.5, 0.6) is 0 Å². The van der Waals surface area contributed by atoms with E-state index in [0.717, 1.165) is 16.5 Å². The first-order chi connectivity index (χ1) is 9.99. The Bertz CT molecular complexity index is 661. The summed E-state index contributed by atoms with van der Waals surface area (Å²) >= 11 is 0. The molecule has 0 spiro atoms. The molecule has 112 valence electrons. The van der Waals surface area contributed by atoms with E-state index < -0.39 is 5.97 Å². The molecule has 2 aromatic rings. The Morgan fingerprint density at radius 3 is 2.71 bits per heavy atom. The first kappa shape index (κ1) is 15.1. The number of aliphatic carboxylic acids is 1. The molecule has 0 aliphatic carbocycles. The van der Waals surface area contributed by atoms with E-state index in [9.17, 15) is 9.59 Å². The number of primary amides is 1. The largest absolute Gasteiger partial charge is 0.481 e. The predicted molar refractivity (Wildman–Crippen MR) is 80.9 cm³/mol. The van der Waals surface area contributed by atoms with E-state index in [0.29, 0.717) is 19.4 Å². The van der Waals surface area contributed by atoms with Gasteiger partial charge in [-0.2, -0.15) is 0 Å². The highest BCUT2D eigenvalue weighted by Crippen LogP contribution is 2.23. The summed E-state index contributed by atoms with van der Waals surface area (Å²) in [7, 11) is 0. The fourth-order valence-corrected chi connectivity index (χ4v) is 2.49. The molecule has 5 heteroatoms. The van der Waals surface area contributed by atoms with Gasteiger partial charge in [-0.3, -0.25) is 9.59 Å². The Morgan fingerprint density at radius 1 is 1.33 bits per heavy atom. The van der Waals surface area contributed by atoms with Crippen molar-refractivity contribution in [3.05, 3.63) is 36.0 Å². The number of nitrogens with zero attached hydrogens (tertiary/aromatic N) is 1. The Kier molecular flexibility index (Phi) is 4.62. The second-order valence-electron chi connectivity index (χ2n) is 5.37. The Labute approximate surface area is 123 Å². The molecule has 5 nitrogen and oxygen atoms in total. The second kappa shape index (κ2) is 6.43. The van der Waals surface area contributed by atoms with Gasteiger partial charge in [0.15, 0.2) is 0 Å². The number of para-hydroxylation sites is 1. The zero-order chi connectivity index (χ0) is 15.4. The summed E-state index contributed by atoms with van der Waals surface area (Å²) in [6.07, 6.45) is 3.49. The molecule has 1 aromatic carbocycles. The first-order valence-electron chi connectivity index (χ1n) is 7.07. The number of fused-ring (bicyclic) bond motifs is 1. The number of amides is 1. The maximum absolute atomic E-state index is 11.2. The van der Waals surface area contributed by atoms with Gasteiger partial charge in [0.25, 0.3) is 0 Å². The summed E-state index contributed by atoms with van der Waals surface area (Å²) in [6.45, 7) is 2.34. The summed E-state index contributed by atoms with van der Waals surface area (Å²) in [5.41, 5.74) is 7.50.